The number of methoxy groups -OCH3 is 2. The predicted molar refractivity (Wildman–Crippen MR) is 255 cm³/mol. The number of hydrogen-bond acceptors (Lipinski definition) is 20. The number of esters is 4. The highest BCUT2D eigenvalue weighted by molar-refractivity contribution is 5.79. The van der Waals surface area contributed by atoms with Crippen LogP contribution in [0.4, 0.5) is 0 Å². The highest BCUT2D eigenvalue weighted by Crippen LogP contribution is 2.76. The van der Waals surface area contributed by atoms with E-state index in [2.05, 4.69) is 64.0 Å². The lowest BCUT2D eigenvalue weighted by molar-refractivity contribution is -0.346. The maximum Gasteiger partial charge on any atom is 0.340 e. The Kier molecular flexibility index (Phi) is 17.3. The fourth-order valence-corrected chi connectivity index (χ4v) is 14.9. The summed E-state index contributed by atoms with van der Waals surface area (Å²) < 4.78 is 50.6. The smallest absolute Gasteiger partial charge is 0.340 e. The van der Waals surface area contributed by atoms with Crippen molar-refractivity contribution in [2.75, 3.05) is 34.0 Å². The van der Waals surface area contributed by atoms with Gasteiger partial charge in [0.1, 0.15) is 49.3 Å². The van der Waals surface area contributed by atoms with Gasteiger partial charge in [0.25, 0.3) is 0 Å². The molecule has 73 heavy (non-hydrogen) atoms. The summed E-state index contributed by atoms with van der Waals surface area (Å²) >= 11 is 0. The summed E-state index contributed by atoms with van der Waals surface area (Å²) in [4.78, 5) is 52.9. The van der Waals surface area contributed by atoms with Crippen LogP contribution < -0.4 is 0 Å². The topological polar surface area (TPSA) is 293 Å². The summed E-state index contributed by atoms with van der Waals surface area (Å²) in [7, 11) is 2.11. The molecule has 2 saturated heterocycles. The largest absolute Gasteiger partial charge is 0.467 e. The van der Waals surface area contributed by atoms with Gasteiger partial charge in [-0.25, -0.2) is 14.4 Å². The van der Waals surface area contributed by atoms with Crippen LogP contribution in [0.15, 0.2) is 11.6 Å². The summed E-state index contributed by atoms with van der Waals surface area (Å²) in [5, 5.41) is 76.1. The van der Waals surface area contributed by atoms with Crippen LogP contribution in [0.25, 0.3) is 0 Å². The van der Waals surface area contributed by atoms with E-state index in [0.29, 0.717) is 38.5 Å². The zero-order valence-electron chi connectivity index (χ0n) is 44.4. The number of unbranched alkanes of at least 4 members (excludes halogenated alkanes) is 1. The van der Waals surface area contributed by atoms with Crippen LogP contribution in [0, 0.1) is 50.2 Å². The second kappa shape index (κ2) is 21.9. The van der Waals surface area contributed by atoms with E-state index in [1.807, 2.05) is 6.92 Å². The minimum atomic E-state index is -2.15. The molecule has 20 atom stereocenters. The number of aliphatic hydroxyl groups is 7. The lowest BCUT2D eigenvalue weighted by atomic mass is 9.33. The summed E-state index contributed by atoms with van der Waals surface area (Å²) in [6.07, 6.45) is -10.6. The third kappa shape index (κ3) is 10.3. The highest BCUT2D eigenvalue weighted by atomic mass is 16.7. The Hall–Kier alpha value is -2.86. The van der Waals surface area contributed by atoms with Gasteiger partial charge in [0.05, 0.1) is 39.0 Å². The third-order valence-electron chi connectivity index (χ3n) is 19.5. The molecule has 2 heterocycles. The first kappa shape index (κ1) is 57.8. The number of carbonyl (C=O) groups excluding carboxylic acids is 4. The zero-order chi connectivity index (χ0) is 53.8. The molecule has 4 saturated carbocycles. The molecule has 5 aliphatic carbocycles. The van der Waals surface area contributed by atoms with Crippen LogP contribution in [-0.2, 0) is 61.8 Å². The Morgan fingerprint density at radius 1 is 0.795 bits per heavy atom. The molecule has 0 amide bonds. The van der Waals surface area contributed by atoms with Gasteiger partial charge in [0, 0.05) is 0 Å². The maximum atomic E-state index is 14.7. The molecule has 7 rings (SSSR count). The highest BCUT2D eigenvalue weighted by Gasteiger charge is 2.70. The Morgan fingerprint density at radius 3 is 2.15 bits per heavy atom. The van der Waals surface area contributed by atoms with E-state index in [0.717, 1.165) is 52.7 Å². The molecule has 0 spiro atoms. The SMILES string of the molecule is CCCCOC(=O)[C@H]1O[C@@H](O[C@H]2CC[C@]3(C)[C@H]4CC=C5[C@@H]6CC(C)(C)CC[C@]6(C(=O)O[C@@H]6O[C@H](CO)[C@@H](O)[C@H](O)[C@H]6O)CC[C@@]5(C)[C@]4(C)CC[C@H]3C2(C)C)[C@H](O)[C@@H](O[C@@H](OCC(=O)OC)C(O)C(=O)OC)[C@@H]1O. The number of fused-ring (bicyclic) bond motifs is 7. The van der Waals surface area contributed by atoms with Crippen LogP contribution >= 0.6 is 0 Å². The van der Waals surface area contributed by atoms with Gasteiger partial charge in [0.15, 0.2) is 18.7 Å². The molecule has 0 radical (unpaired) electrons. The van der Waals surface area contributed by atoms with Crippen molar-refractivity contribution < 1.29 is 97.6 Å². The van der Waals surface area contributed by atoms with Gasteiger partial charge in [-0.15, -0.1) is 0 Å². The predicted octanol–water partition coefficient (Wildman–Crippen LogP) is 2.74. The molecule has 7 N–H and O–H groups in total. The molecule has 416 valence electrons. The Bertz CT molecular complexity index is 2030. The number of carbonyl (C=O) groups is 4. The monoisotopic (exact) mass is 1040 g/mol. The molecule has 0 aromatic carbocycles. The Balaban J connectivity index is 1.14. The lowest BCUT2D eigenvalue weighted by Crippen LogP contribution is -2.66. The summed E-state index contributed by atoms with van der Waals surface area (Å²) in [5.74, 6) is -3.39. The van der Waals surface area contributed by atoms with Crippen LogP contribution in [0.2, 0.25) is 0 Å². The first-order chi connectivity index (χ1) is 34.2. The Morgan fingerprint density at radius 2 is 1.49 bits per heavy atom. The normalized spacial score (nSPS) is 43.5. The van der Waals surface area contributed by atoms with Crippen molar-refractivity contribution >= 4 is 23.9 Å². The average Bonchev–Trinajstić information content (AvgIpc) is 3.34. The van der Waals surface area contributed by atoms with E-state index in [1.165, 1.54) is 5.57 Å². The van der Waals surface area contributed by atoms with Crippen molar-refractivity contribution in [1.82, 2.24) is 0 Å². The first-order valence-corrected chi connectivity index (χ1v) is 26.4. The number of ether oxygens (including phenoxy) is 9. The minimum Gasteiger partial charge on any atom is -0.467 e. The zero-order valence-corrected chi connectivity index (χ0v) is 44.4. The molecular weight excluding hydrogens is 957 g/mol. The molecule has 20 nitrogen and oxygen atoms in total. The van der Waals surface area contributed by atoms with Crippen molar-refractivity contribution in [2.24, 2.45) is 50.2 Å². The second-order valence-corrected chi connectivity index (χ2v) is 24.2. The fourth-order valence-electron chi connectivity index (χ4n) is 14.9. The molecule has 0 aromatic rings. The van der Waals surface area contributed by atoms with Crippen LogP contribution in [0.1, 0.15) is 132 Å². The van der Waals surface area contributed by atoms with Gasteiger partial charge in [-0.2, -0.15) is 0 Å². The number of allylic oxidation sites excluding steroid dienone is 2. The summed E-state index contributed by atoms with van der Waals surface area (Å²) in [6, 6.07) is 0. The van der Waals surface area contributed by atoms with E-state index in [4.69, 9.17) is 33.2 Å². The molecule has 2 aliphatic heterocycles. The van der Waals surface area contributed by atoms with E-state index < -0.39 is 128 Å². The van der Waals surface area contributed by atoms with Crippen molar-refractivity contribution in [3.8, 4) is 0 Å². The van der Waals surface area contributed by atoms with Gasteiger partial charge in [-0.3, -0.25) is 4.79 Å². The molecule has 1 unspecified atom stereocenters. The van der Waals surface area contributed by atoms with E-state index in [-0.39, 0.29) is 46.0 Å². The number of hydrogen-bond donors (Lipinski definition) is 7. The van der Waals surface area contributed by atoms with Gasteiger partial charge in [-0.05, 0) is 115 Å². The van der Waals surface area contributed by atoms with E-state index in [1.54, 1.807) is 0 Å². The fraction of sp³-hybridized carbons (Fsp3) is 0.887. The van der Waals surface area contributed by atoms with Crippen molar-refractivity contribution in [2.45, 2.75) is 212 Å². The van der Waals surface area contributed by atoms with Crippen molar-refractivity contribution in [3.63, 3.8) is 0 Å². The van der Waals surface area contributed by atoms with Gasteiger partial charge in [0.2, 0.25) is 12.4 Å². The van der Waals surface area contributed by atoms with E-state index >= 15 is 0 Å². The Labute approximate surface area is 428 Å². The average molecular weight is 1040 g/mol. The number of rotatable bonds is 16. The molecule has 6 fully saturated rings. The number of aliphatic hydroxyl groups excluding tert-OH is 7. The molecule has 0 aromatic heterocycles. The second-order valence-electron chi connectivity index (χ2n) is 24.2. The first-order valence-electron chi connectivity index (χ1n) is 26.4. The molecule has 0 bridgehead atoms. The molecule has 20 heteroatoms. The van der Waals surface area contributed by atoms with Crippen molar-refractivity contribution in [1.29, 1.82) is 0 Å². The van der Waals surface area contributed by atoms with Crippen molar-refractivity contribution in [3.05, 3.63) is 11.6 Å². The van der Waals surface area contributed by atoms with Gasteiger partial charge >= 0.3 is 23.9 Å². The molecular formula is C53H84O20. The van der Waals surface area contributed by atoms with Crippen LogP contribution in [-0.4, -0.2) is 174 Å². The van der Waals surface area contributed by atoms with E-state index in [9.17, 15) is 54.9 Å². The van der Waals surface area contributed by atoms with Crippen LogP contribution in [0.3, 0.4) is 0 Å². The minimum absolute atomic E-state index is 0.0246. The summed E-state index contributed by atoms with van der Waals surface area (Å²) in [5.41, 5.74) is -1.01. The van der Waals surface area contributed by atoms with Gasteiger partial charge < -0.3 is 78.4 Å². The standard InChI is InChI=1S/C53H84O20/c1-11-12-23-67-43(63)41-37(59)40(71-44(39(61)42(62)66-10)68-26-33(55)65-9)38(60)46(72-41)70-32-16-17-50(6)30(49(32,4)5)15-18-52(8)31(50)14-13-27-28-24-48(2,3)19-21-53(28,22-20-51(27,52)7)47(64)73-45-36(58)35(57)34(56)29(25-54)69-45/h13,28-32,34-41,44-46,54,56-61H,11-12,14-26H2,1-10H3/t28-,29+,30-,31+,32-,34+,35-,36+,37-,38+,39?,40-,41-,44+,45-,46+,50-,51+,52+,53-/m0/s1. The summed E-state index contributed by atoms with van der Waals surface area (Å²) in [6.45, 7) is 16.4. The lowest BCUT2D eigenvalue weighted by Gasteiger charge is -2.71. The van der Waals surface area contributed by atoms with Gasteiger partial charge in [-0.1, -0.05) is 73.5 Å². The quantitative estimate of drug-likeness (QED) is 0.0292. The van der Waals surface area contributed by atoms with Crippen LogP contribution in [0.5, 0.6) is 0 Å². The maximum absolute atomic E-state index is 14.7. The third-order valence-corrected chi connectivity index (χ3v) is 19.5. The molecule has 7 aliphatic rings.